The number of carbonyl (C=O) groups is 2. The summed E-state index contributed by atoms with van der Waals surface area (Å²) < 4.78 is 6.23. The number of aliphatic hydroxyl groups excluding tert-OH is 1. The van der Waals surface area contributed by atoms with E-state index in [1.54, 1.807) is 35.3 Å². The molecule has 1 aliphatic rings. The van der Waals surface area contributed by atoms with Crippen LogP contribution in [0.3, 0.4) is 0 Å². The molecule has 3 heterocycles. The largest absolute Gasteiger partial charge is 0.472 e. The van der Waals surface area contributed by atoms with E-state index in [9.17, 15) is 14.7 Å². The van der Waals surface area contributed by atoms with Crippen molar-refractivity contribution in [2.24, 2.45) is 5.92 Å². The van der Waals surface area contributed by atoms with Gasteiger partial charge >= 0.3 is 0 Å². The highest BCUT2D eigenvalue weighted by Crippen LogP contribution is 2.27. The van der Waals surface area contributed by atoms with Crippen molar-refractivity contribution in [3.8, 4) is 5.88 Å². The molecule has 0 radical (unpaired) electrons. The van der Waals surface area contributed by atoms with E-state index < -0.39 is 0 Å². The van der Waals surface area contributed by atoms with Gasteiger partial charge in [0.1, 0.15) is 11.7 Å². The molecule has 2 amide bonds. The lowest BCUT2D eigenvalue weighted by Gasteiger charge is -2.37. The molecule has 8 heteroatoms. The van der Waals surface area contributed by atoms with Crippen molar-refractivity contribution in [1.82, 2.24) is 19.8 Å². The predicted octanol–water partition coefficient (Wildman–Crippen LogP) is 2.43. The van der Waals surface area contributed by atoms with Gasteiger partial charge in [-0.3, -0.25) is 14.6 Å². The fourth-order valence-corrected chi connectivity index (χ4v) is 3.78. The number of fused-ring (bicyclic) bond motifs is 1. The topological polar surface area (TPSA) is 95.9 Å². The Morgan fingerprint density at radius 1 is 1.39 bits per heavy atom. The summed E-state index contributed by atoms with van der Waals surface area (Å²) in [4.78, 5) is 38.1. The van der Waals surface area contributed by atoms with E-state index in [0.29, 0.717) is 24.3 Å². The number of rotatable bonds is 7. The van der Waals surface area contributed by atoms with Crippen LogP contribution in [0.5, 0.6) is 5.88 Å². The highest BCUT2D eigenvalue weighted by atomic mass is 16.5. The minimum Gasteiger partial charge on any atom is -0.472 e. The average Bonchev–Trinajstić information content (AvgIpc) is 2.82. The maximum Gasteiger partial charge on any atom is 0.259 e. The summed E-state index contributed by atoms with van der Waals surface area (Å²) in [6.45, 7) is 6.26. The van der Waals surface area contributed by atoms with Gasteiger partial charge in [-0.15, -0.1) is 0 Å². The molecule has 33 heavy (non-hydrogen) atoms. The van der Waals surface area contributed by atoms with Crippen molar-refractivity contribution >= 4 is 17.9 Å². The number of likely N-dealkylation sites (N-methyl/N-ethyl adjacent to an activating group) is 1. The number of nitrogens with zero attached hydrogens (tertiary/aromatic N) is 4. The zero-order valence-electron chi connectivity index (χ0n) is 19.6. The lowest BCUT2D eigenvalue weighted by Crippen LogP contribution is -2.50. The number of hydrogen-bond acceptors (Lipinski definition) is 6. The van der Waals surface area contributed by atoms with E-state index in [0.717, 1.165) is 5.56 Å². The van der Waals surface area contributed by atoms with E-state index in [1.807, 2.05) is 51.1 Å². The normalized spacial score (nSPS) is 19.4. The Morgan fingerprint density at radius 2 is 2.18 bits per heavy atom. The number of aromatic nitrogens is 2. The van der Waals surface area contributed by atoms with Crippen LogP contribution >= 0.6 is 0 Å². The smallest absolute Gasteiger partial charge is 0.259 e. The van der Waals surface area contributed by atoms with Crippen LogP contribution < -0.4 is 4.74 Å². The van der Waals surface area contributed by atoms with Crippen molar-refractivity contribution in [3.63, 3.8) is 0 Å². The summed E-state index contributed by atoms with van der Waals surface area (Å²) in [7, 11) is 1.74. The van der Waals surface area contributed by atoms with Crippen molar-refractivity contribution < 1.29 is 19.4 Å². The fraction of sp³-hybridized carbons (Fsp3) is 0.440. The predicted molar refractivity (Wildman–Crippen MR) is 126 cm³/mol. The van der Waals surface area contributed by atoms with Crippen LogP contribution in [0, 0.1) is 5.92 Å². The van der Waals surface area contributed by atoms with E-state index in [1.165, 1.54) is 0 Å². The van der Waals surface area contributed by atoms with Crippen LogP contribution in [0.2, 0.25) is 0 Å². The molecule has 0 saturated heterocycles. The second kappa shape index (κ2) is 11.0. The molecule has 1 N–H and O–H groups in total. The molecule has 0 fully saturated rings. The second-order valence-electron chi connectivity index (χ2n) is 8.52. The van der Waals surface area contributed by atoms with E-state index >= 15 is 0 Å². The quantitative estimate of drug-likeness (QED) is 0.693. The minimum absolute atomic E-state index is 0.0696. The minimum atomic E-state index is -0.386. The van der Waals surface area contributed by atoms with Gasteiger partial charge in [-0.2, -0.15) is 0 Å². The van der Waals surface area contributed by atoms with Crippen molar-refractivity contribution in [3.05, 3.63) is 59.6 Å². The molecule has 8 nitrogen and oxygen atoms in total. The summed E-state index contributed by atoms with van der Waals surface area (Å²) in [5, 5.41) is 9.75. The summed E-state index contributed by atoms with van der Waals surface area (Å²) >= 11 is 0. The van der Waals surface area contributed by atoms with E-state index in [2.05, 4.69) is 9.97 Å². The van der Waals surface area contributed by atoms with Crippen molar-refractivity contribution in [2.75, 3.05) is 26.7 Å². The third-order valence-electron chi connectivity index (χ3n) is 5.84. The summed E-state index contributed by atoms with van der Waals surface area (Å²) in [6.07, 6.45) is 6.88. The zero-order chi connectivity index (χ0) is 24.0. The van der Waals surface area contributed by atoms with E-state index in [4.69, 9.17) is 4.74 Å². The van der Waals surface area contributed by atoms with Gasteiger partial charge in [0.2, 0.25) is 11.8 Å². The average molecular weight is 453 g/mol. The first-order chi connectivity index (χ1) is 15.8. The molecule has 0 aromatic carbocycles. The number of carbonyl (C=O) groups excluding carboxylic acids is 2. The third-order valence-corrected chi connectivity index (χ3v) is 5.84. The summed E-state index contributed by atoms with van der Waals surface area (Å²) in [5.41, 5.74) is 1.85. The lowest BCUT2D eigenvalue weighted by molar-refractivity contribution is -0.130. The first kappa shape index (κ1) is 24.4. The number of amides is 2. The summed E-state index contributed by atoms with van der Waals surface area (Å²) in [5.74, 6) is -0.154. The standard InChI is InChI=1S/C25H32N4O4/c1-5-8-19-11-21-24(27-13-19)33-22(17(2)14-29(25(21)32)18(3)16-30)15-28(4)23(31)12-20-9-6-7-10-26-20/h5-11,13,17-18,22,30H,12,14-16H2,1-4H3/t17-,18+,22+/m1/s1. The molecule has 0 spiro atoms. The van der Waals surface area contributed by atoms with Crippen LogP contribution in [-0.4, -0.2) is 75.6 Å². The first-order valence-electron chi connectivity index (χ1n) is 11.2. The van der Waals surface area contributed by atoms with Crippen molar-refractivity contribution in [1.29, 1.82) is 0 Å². The SMILES string of the molecule is CC=Cc1cnc2c(c1)C(=O)N([C@@H](C)CO)C[C@@H](C)[C@H](CN(C)C(=O)Cc1ccccn1)O2. The Morgan fingerprint density at radius 3 is 2.85 bits per heavy atom. The molecule has 0 saturated carbocycles. The number of pyridine rings is 2. The third kappa shape index (κ3) is 5.96. The lowest BCUT2D eigenvalue weighted by atomic mass is 9.99. The van der Waals surface area contributed by atoms with Gasteiger partial charge < -0.3 is 19.6 Å². The van der Waals surface area contributed by atoms with Gasteiger partial charge in [-0.1, -0.05) is 25.1 Å². The molecule has 3 atom stereocenters. The van der Waals surface area contributed by atoms with Gasteiger partial charge in [0.25, 0.3) is 5.91 Å². The van der Waals surface area contributed by atoms with Gasteiger partial charge in [-0.25, -0.2) is 4.98 Å². The maximum absolute atomic E-state index is 13.3. The molecule has 0 unspecified atom stereocenters. The number of hydrogen-bond donors (Lipinski definition) is 1. The Labute approximate surface area is 194 Å². The monoisotopic (exact) mass is 452 g/mol. The Hall–Kier alpha value is -3.26. The number of allylic oxidation sites excluding steroid dienone is 1. The van der Waals surface area contributed by atoms with Gasteiger partial charge in [0, 0.05) is 37.6 Å². The highest BCUT2D eigenvalue weighted by Gasteiger charge is 2.34. The highest BCUT2D eigenvalue weighted by molar-refractivity contribution is 5.97. The Kier molecular flexibility index (Phi) is 8.16. The van der Waals surface area contributed by atoms with Crippen LogP contribution in [0.15, 0.2) is 42.7 Å². The van der Waals surface area contributed by atoms with Gasteiger partial charge in [0.15, 0.2) is 0 Å². The number of aliphatic hydroxyl groups is 1. The maximum atomic E-state index is 13.3. The number of ether oxygens (including phenoxy) is 1. The first-order valence-corrected chi connectivity index (χ1v) is 11.2. The van der Waals surface area contributed by atoms with Crippen LogP contribution in [-0.2, 0) is 11.2 Å². The molecular formula is C25H32N4O4. The Balaban J connectivity index is 1.87. The molecule has 0 bridgehead atoms. The zero-order valence-corrected chi connectivity index (χ0v) is 19.6. The van der Waals surface area contributed by atoms with Crippen molar-refractivity contribution in [2.45, 2.75) is 39.3 Å². The Bertz CT molecular complexity index is 995. The summed E-state index contributed by atoms with van der Waals surface area (Å²) in [6, 6.07) is 6.89. The van der Waals surface area contributed by atoms with Gasteiger partial charge in [-0.05, 0) is 37.6 Å². The molecular weight excluding hydrogens is 420 g/mol. The molecule has 2 aromatic heterocycles. The molecule has 0 aliphatic carbocycles. The van der Waals surface area contributed by atoms with Gasteiger partial charge in [0.05, 0.1) is 25.6 Å². The van der Waals surface area contributed by atoms with Crippen LogP contribution in [0.1, 0.15) is 42.4 Å². The molecule has 2 aromatic rings. The molecule has 3 rings (SSSR count). The van der Waals surface area contributed by atoms with E-state index in [-0.39, 0.29) is 48.8 Å². The molecule has 1 aliphatic heterocycles. The molecule has 176 valence electrons. The van der Waals surface area contributed by atoms with Crippen LogP contribution in [0.25, 0.3) is 6.08 Å². The van der Waals surface area contributed by atoms with Crippen LogP contribution in [0.4, 0.5) is 0 Å². The fourth-order valence-electron chi connectivity index (χ4n) is 3.78. The second-order valence-corrected chi connectivity index (χ2v) is 8.52.